The Hall–Kier alpha value is -1.61. The lowest BCUT2D eigenvalue weighted by Gasteiger charge is -2.29. The third-order valence-corrected chi connectivity index (χ3v) is 4.57. The number of nitrogens with one attached hydrogen (secondary N) is 1. The van der Waals surface area contributed by atoms with Gasteiger partial charge in [-0.3, -0.25) is 0 Å². The highest BCUT2D eigenvalue weighted by atomic mass is 15.1. The molecule has 2 unspecified atom stereocenters. The van der Waals surface area contributed by atoms with Gasteiger partial charge in [0, 0.05) is 18.8 Å². The zero-order chi connectivity index (χ0) is 14.7. The van der Waals surface area contributed by atoms with E-state index in [1.807, 2.05) is 6.20 Å². The molecule has 1 aliphatic carbocycles. The van der Waals surface area contributed by atoms with Gasteiger partial charge in [0.05, 0.1) is 12.1 Å². The van der Waals surface area contributed by atoms with Crippen molar-refractivity contribution in [2.45, 2.75) is 51.6 Å². The molecule has 0 fully saturated rings. The normalized spacial score (nSPS) is 21.8. The standard InChI is InChI=1S/C18H25N3/c1-3-17-20-12-13-21(17)16-11-7-9-14-8-5-6-10-15(14)18(16)19-4-2/h5-6,8,10,12-13,16,18-19H,3-4,7,9,11H2,1-2H3. The van der Waals surface area contributed by atoms with E-state index in [2.05, 4.69) is 59.2 Å². The number of aryl methyl sites for hydroxylation is 2. The fourth-order valence-electron chi connectivity index (χ4n) is 3.63. The van der Waals surface area contributed by atoms with E-state index in [-0.39, 0.29) is 0 Å². The molecule has 3 nitrogen and oxygen atoms in total. The van der Waals surface area contributed by atoms with Crippen LogP contribution in [-0.2, 0) is 12.8 Å². The summed E-state index contributed by atoms with van der Waals surface area (Å²) >= 11 is 0. The van der Waals surface area contributed by atoms with E-state index in [0.717, 1.165) is 13.0 Å². The van der Waals surface area contributed by atoms with Crippen LogP contribution in [-0.4, -0.2) is 16.1 Å². The van der Waals surface area contributed by atoms with Crippen molar-refractivity contribution in [1.29, 1.82) is 0 Å². The van der Waals surface area contributed by atoms with Crippen molar-refractivity contribution in [3.05, 3.63) is 53.6 Å². The van der Waals surface area contributed by atoms with Crippen LogP contribution in [0.4, 0.5) is 0 Å². The van der Waals surface area contributed by atoms with Crippen molar-refractivity contribution in [2.75, 3.05) is 6.54 Å². The number of imidazole rings is 1. The largest absolute Gasteiger partial charge is 0.330 e. The van der Waals surface area contributed by atoms with Crippen molar-refractivity contribution < 1.29 is 0 Å². The number of hydrogen-bond acceptors (Lipinski definition) is 2. The smallest absolute Gasteiger partial charge is 0.108 e. The summed E-state index contributed by atoms with van der Waals surface area (Å²) in [6, 6.07) is 9.76. The molecule has 0 aliphatic heterocycles. The molecule has 1 aliphatic rings. The molecular formula is C18H25N3. The monoisotopic (exact) mass is 283 g/mol. The predicted octanol–water partition coefficient (Wildman–Crippen LogP) is 3.67. The Labute approximate surface area is 127 Å². The molecule has 2 atom stereocenters. The van der Waals surface area contributed by atoms with Crippen molar-refractivity contribution >= 4 is 0 Å². The van der Waals surface area contributed by atoms with Crippen LogP contribution in [0.1, 0.15) is 55.7 Å². The quantitative estimate of drug-likeness (QED) is 0.868. The minimum atomic E-state index is 0.383. The number of fused-ring (bicyclic) bond motifs is 1. The second kappa shape index (κ2) is 6.44. The van der Waals surface area contributed by atoms with E-state index in [4.69, 9.17) is 0 Å². The Morgan fingerprint density at radius 2 is 2.14 bits per heavy atom. The van der Waals surface area contributed by atoms with Gasteiger partial charge in [0.2, 0.25) is 0 Å². The first-order valence-corrected chi connectivity index (χ1v) is 8.18. The van der Waals surface area contributed by atoms with Crippen LogP contribution in [0, 0.1) is 0 Å². The maximum atomic E-state index is 4.53. The Bertz CT molecular complexity index is 588. The molecule has 0 spiro atoms. The second-order valence-corrected chi connectivity index (χ2v) is 5.80. The Morgan fingerprint density at radius 3 is 2.95 bits per heavy atom. The third-order valence-electron chi connectivity index (χ3n) is 4.57. The zero-order valence-electron chi connectivity index (χ0n) is 13.0. The summed E-state index contributed by atoms with van der Waals surface area (Å²) in [5.41, 5.74) is 2.97. The average Bonchev–Trinajstić information content (AvgIpc) is 2.91. The zero-order valence-corrected chi connectivity index (χ0v) is 13.0. The summed E-state index contributed by atoms with van der Waals surface area (Å²) in [6.07, 6.45) is 8.72. The van der Waals surface area contributed by atoms with Gasteiger partial charge in [0.1, 0.15) is 5.82 Å². The van der Waals surface area contributed by atoms with E-state index in [9.17, 15) is 0 Å². The molecule has 0 saturated heterocycles. The van der Waals surface area contributed by atoms with Gasteiger partial charge >= 0.3 is 0 Å². The van der Waals surface area contributed by atoms with Gasteiger partial charge in [-0.2, -0.15) is 0 Å². The lowest BCUT2D eigenvalue weighted by molar-refractivity contribution is 0.336. The molecule has 1 N–H and O–H groups in total. The van der Waals surface area contributed by atoms with Crippen LogP contribution in [0.15, 0.2) is 36.7 Å². The van der Waals surface area contributed by atoms with Crippen LogP contribution < -0.4 is 5.32 Å². The Kier molecular flexibility index (Phi) is 4.39. The first-order valence-electron chi connectivity index (χ1n) is 8.18. The summed E-state index contributed by atoms with van der Waals surface area (Å²) < 4.78 is 2.40. The van der Waals surface area contributed by atoms with Gasteiger partial charge in [0.25, 0.3) is 0 Å². The van der Waals surface area contributed by atoms with Crippen molar-refractivity contribution in [1.82, 2.24) is 14.9 Å². The molecule has 3 rings (SSSR count). The molecule has 0 bridgehead atoms. The van der Waals surface area contributed by atoms with Crippen LogP contribution >= 0.6 is 0 Å². The van der Waals surface area contributed by atoms with Gasteiger partial charge < -0.3 is 9.88 Å². The minimum Gasteiger partial charge on any atom is -0.330 e. The highest BCUT2D eigenvalue weighted by molar-refractivity contribution is 5.32. The van der Waals surface area contributed by atoms with E-state index >= 15 is 0 Å². The molecular weight excluding hydrogens is 258 g/mol. The maximum absolute atomic E-state index is 4.53. The average molecular weight is 283 g/mol. The van der Waals surface area contributed by atoms with E-state index < -0.39 is 0 Å². The lowest BCUT2D eigenvalue weighted by atomic mass is 9.95. The van der Waals surface area contributed by atoms with Crippen molar-refractivity contribution in [3.8, 4) is 0 Å². The van der Waals surface area contributed by atoms with E-state index in [0.29, 0.717) is 12.1 Å². The lowest BCUT2D eigenvalue weighted by Crippen LogP contribution is -2.30. The molecule has 0 saturated carbocycles. The minimum absolute atomic E-state index is 0.383. The number of hydrogen-bond donors (Lipinski definition) is 1. The summed E-state index contributed by atoms with van der Waals surface area (Å²) in [6.45, 7) is 5.37. The van der Waals surface area contributed by atoms with Gasteiger partial charge in [-0.15, -0.1) is 0 Å². The van der Waals surface area contributed by atoms with Gasteiger partial charge in [0.15, 0.2) is 0 Å². The number of aromatic nitrogens is 2. The number of benzene rings is 1. The summed E-state index contributed by atoms with van der Waals surface area (Å²) in [4.78, 5) is 4.53. The molecule has 0 radical (unpaired) electrons. The van der Waals surface area contributed by atoms with Crippen molar-refractivity contribution in [3.63, 3.8) is 0 Å². The predicted molar refractivity (Wildman–Crippen MR) is 86.4 cm³/mol. The first-order chi connectivity index (χ1) is 10.3. The van der Waals surface area contributed by atoms with Crippen LogP contribution in [0.3, 0.4) is 0 Å². The first kappa shape index (κ1) is 14.3. The Balaban J connectivity index is 2.03. The highest BCUT2D eigenvalue weighted by Crippen LogP contribution is 2.37. The van der Waals surface area contributed by atoms with Gasteiger partial charge in [-0.25, -0.2) is 4.98 Å². The molecule has 1 aromatic carbocycles. The van der Waals surface area contributed by atoms with Gasteiger partial charge in [-0.05, 0) is 36.9 Å². The number of likely N-dealkylation sites (N-methyl/N-ethyl adjacent to an activating group) is 1. The van der Waals surface area contributed by atoms with Crippen LogP contribution in [0.25, 0.3) is 0 Å². The molecule has 1 aromatic heterocycles. The molecule has 21 heavy (non-hydrogen) atoms. The second-order valence-electron chi connectivity index (χ2n) is 5.80. The third kappa shape index (κ3) is 2.75. The van der Waals surface area contributed by atoms with Crippen LogP contribution in [0.5, 0.6) is 0 Å². The molecule has 3 heteroatoms. The van der Waals surface area contributed by atoms with E-state index in [1.54, 1.807) is 0 Å². The highest BCUT2D eigenvalue weighted by Gasteiger charge is 2.29. The summed E-state index contributed by atoms with van der Waals surface area (Å²) in [5.74, 6) is 1.20. The number of nitrogens with zero attached hydrogens (tertiary/aromatic N) is 2. The van der Waals surface area contributed by atoms with Crippen LogP contribution in [0.2, 0.25) is 0 Å². The number of rotatable bonds is 4. The maximum Gasteiger partial charge on any atom is 0.108 e. The molecule has 0 amide bonds. The van der Waals surface area contributed by atoms with E-state index in [1.165, 1.54) is 36.2 Å². The molecule has 2 aromatic rings. The Morgan fingerprint density at radius 1 is 1.29 bits per heavy atom. The van der Waals surface area contributed by atoms with Gasteiger partial charge in [-0.1, -0.05) is 38.1 Å². The van der Waals surface area contributed by atoms with Crippen molar-refractivity contribution in [2.24, 2.45) is 0 Å². The summed E-state index contributed by atoms with van der Waals surface area (Å²) in [7, 11) is 0. The molecule has 1 heterocycles. The summed E-state index contributed by atoms with van der Waals surface area (Å²) in [5, 5.41) is 3.72. The topological polar surface area (TPSA) is 29.9 Å². The SMILES string of the molecule is CCNC1c2ccccc2CCCC1n1ccnc1CC. The fraction of sp³-hybridized carbons (Fsp3) is 0.500. The fourth-order valence-corrected chi connectivity index (χ4v) is 3.63. The molecule has 112 valence electrons.